The van der Waals surface area contributed by atoms with Crippen molar-refractivity contribution in [2.45, 2.75) is 29.7 Å². The molecule has 0 saturated carbocycles. The SMILES string of the molecule is CCC(N)C(Sc1ncnc2nc[nH]c12)c1cccnc1. The average Bonchev–Trinajstić information content (AvgIpc) is 3.02. The number of pyridine rings is 1. The lowest BCUT2D eigenvalue weighted by Gasteiger charge is -2.22. The second-order valence-electron chi connectivity index (χ2n) is 4.68. The number of H-pyrrole nitrogens is 1. The molecule has 3 aromatic rings. The first-order chi connectivity index (χ1) is 10.3. The van der Waals surface area contributed by atoms with E-state index in [4.69, 9.17) is 5.73 Å². The number of nitrogens with one attached hydrogen (secondary N) is 1. The zero-order chi connectivity index (χ0) is 14.7. The molecule has 0 saturated heterocycles. The van der Waals surface area contributed by atoms with Crippen LogP contribution in [-0.2, 0) is 0 Å². The van der Waals surface area contributed by atoms with Gasteiger partial charge in [0.1, 0.15) is 16.9 Å². The number of aromatic amines is 1. The highest BCUT2D eigenvalue weighted by molar-refractivity contribution is 7.99. The molecule has 0 aliphatic rings. The summed E-state index contributed by atoms with van der Waals surface area (Å²) in [4.78, 5) is 19.9. The minimum atomic E-state index is 0.0205. The Bertz CT molecular complexity index is 714. The van der Waals surface area contributed by atoms with Crippen molar-refractivity contribution < 1.29 is 0 Å². The quantitative estimate of drug-likeness (QED) is 0.555. The van der Waals surface area contributed by atoms with E-state index in [9.17, 15) is 0 Å². The zero-order valence-electron chi connectivity index (χ0n) is 11.6. The first kappa shape index (κ1) is 14.0. The number of thioether (sulfide) groups is 1. The molecule has 21 heavy (non-hydrogen) atoms. The molecule has 2 unspecified atom stereocenters. The Labute approximate surface area is 126 Å². The third-order valence-electron chi connectivity index (χ3n) is 3.30. The van der Waals surface area contributed by atoms with Crippen molar-refractivity contribution >= 4 is 22.9 Å². The molecule has 0 aliphatic carbocycles. The van der Waals surface area contributed by atoms with Gasteiger partial charge >= 0.3 is 0 Å². The molecule has 0 amide bonds. The van der Waals surface area contributed by atoms with Crippen molar-refractivity contribution in [3.63, 3.8) is 0 Å². The van der Waals surface area contributed by atoms with Gasteiger partial charge < -0.3 is 10.7 Å². The average molecular weight is 300 g/mol. The Morgan fingerprint density at radius 3 is 3.00 bits per heavy atom. The predicted molar refractivity (Wildman–Crippen MR) is 82.8 cm³/mol. The lowest BCUT2D eigenvalue weighted by Crippen LogP contribution is -2.25. The Balaban J connectivity index is 1.97. The van der Waals surface area contributed by atoms with Crippen LogP contribution in [0.3, 0.4) is 0 Å². The highest BCUT2D eigenvalue weighted by Gasteiger charge is 2.22. The number of fused-ring (bicyclic) bond motifs is 1. The molecular formula is C14H16N6S. The summed E-state index contributed by atoms with van der Waals surface area (Å²) in [6, 6.07) is 4.00. The Morgan fingerprint density at radius 1 is 1.33 bits per heavy atom. The first-order valence-electron chi connectivity index (χ1n) is 6.76. The number of imidazole rings is 1. The van der Waals surface area contributed by atoms with Crippen LogP contribution in [0.4, 0.5) is 0 Å². The number of hydrogen-bond donors (Lipinski definition) is 2. The summed E-state index contributed by atoms with van der Waals surface area (Å²) in [5, 5.41) is 0.945. The Kier molecular flexibility index (Phi) is 4.12. The summed E-state index contributed by atoms with van der Waals surface area (Å²) in [6.45, 7) is 2.08. The molecule has 0 bridgehead atoms. The van der Waals surface area contributed by atoms with Crippen LogP contribution in [0.15, 0.2) is 42.2 Å². The van der Waals surface area contributed by atoms with Crippen molar-refractivity contribution in [3.8, 4) is 0 Å². The van der Waals surface area contributed by atoms with Crippen LogP contribution in [0, 0.1) is 0 Å². The molecule has 3 aromatic heterocycles. The van der Waals surface area contributed by atoms with Crippen LogP contribution in [0.2, 0.25) is 0 Å². The maximum absolute atomic E-state index is 6.30. The van der Waals surface area contributed by atoms with Crippen molar-refractivity contribution in [1.29, 1.82) is 0 Å². The smallest absolute Gasteiger partial charge is 0.181 e. The van der Waals surface area contributed by atoms with Crippen molar-refractivity contribution in [3.05, 3.63) is 42.7 Å². The predicted octanol–water partition coefficient (Wildman–Crippen LogP) is 2.32. The fourth-order valence-corrected chi connectivity index (χ4v) is 3.37. The molecule has 2 atom stereocenters. The second-order valence-corrected chi connectivity index (χ2v) is 5.81. The van der Waals surface area contributed by atoms with Gasteiger partial charge in [0.2, 0.25) is 0 Å². The van der Waals surface area contributed by atoms with Gasteiger partial charge in [0, 0.05) is 18.4 Å². The molecule has 3 heterocycles. The van der Waals surface area contributed by atoms with E-state index in [2.05, 4.69) is 31.8 Å². The fourth-order valence-electron chi connectivity index (χ4n) is 2.11. The number of rotatable bonds is 5. The van der Waals surface area contributed by atoms with Gasteiger partial charge in [0.15, 0.2) is 5.65 Å². The van der Waals surface area contributed by atoms with Crippen molar-refractivity contribution in [2.75, 3.05) is 0 Å². The minimum absolute atomic E-state index is 0.0205. The van der Waals surface area contributed by atoms with E-state index in [1.54, 1.807) is 24.3 Å². The van der Waals surface area contributed by atoms with E-state index < -0.39 is 0 Å². The lowest BCUT2D eigenvalue weighted by molar-refractivity contribution is 0.632. The maximum atomic E-state index is 6.30. The van der Waals surface area contributed by atoms with E-state index >= 15 is 0 Å². The Hall–Kier alpha value is -1.99. The Morgan fingerprint density at radius 2 is 2.24 bits per heavy atom. The summed E-state index contributed by atoms with van der Waals surface area (Å²) in [7, 11) is 0. The summed E-state index contributed by atoms with van der Waals surface area (Å²) in [5.41, 5.74) is 8.91. The molecule has 108 valence electrons. The molecular weight excluding hydrogens is 284 g/mol. The van der Waals surface area contributed by atoms with Gasteiger partial charge in [-0.1, -0.05) is 24.8 Å². The summed E-state index contributed by atoms with van der Waals surface area (Å²) < 4.78 is 0. The highest BCUT2D eigenvalue weighted by Crippen LogP contribution is 2.38. The molecule has 7 heteroatoms. The van der Waals surface area contributed by atoms with Crippen LogP contribution < -0.4 is 5.73 Å². The number of hydrogen-bond acceptors (Lipinski definition) is 6. The van der Waals surface area contributed by atoms with Gasteiger partial charge in [-0.3, -0.25) is 4.98 Å². The highest BCUT2D eigenvalue weighted by atomic mass is 32.2. The molecule has 0 spiro atoms. The van der Waals surface area contributed by atoms with E-state index in [1.807, 2.05) is 18.3 Å². The van der Waals surface area contributed by atoms with Gasteiger partial charge in [-0.15, -0.1) is 0 Å². The lowest BCUT2D eigenvalue weighted by atomic mass is 10.1. The van der Waals surface area contributed by atoms with E-state index in [-0.39, 0.29) is 11.3 Å². The van der Waals surface area contributed by atoms with E-state index in [1.165, 1.54) is 6.33 Å². The van der Waals surface area contributed by atoms with E-state index in [0.29, 0.717) is 5.65 Å². The first-order valence-corrected chi connectivity index (χ1v) is 7.63. The summed E-state index contributed by atoms with van der Waals surface area (Å²) in [5.74, 6) is 0. The monoisotopic (exact) mass is 300 g/mol. The van der Waals surface area contributed by atoms with Crippen LogP contribution in [0.5, 0.6) is 0 Å². The molecule has 6 nitrogen and oxygen atoms in total. The van der Waals surface area contributed by atoms with Crippen LogP contribution >= 0.6 is 11.8 Å². The molecule has 0 fully saturated rings. The number of aromatic nitrogens is 5. The standard InChI is InChI=1S/C14H16N6S/c1-2-10(15)12(9-4-3-5-16-6-9)21-14-11-13(18-7-17-11)19-8-20-14/h3-8,10,12H,2,15H2,1H3,(H,17,18,19,20). The largest absolute Gasteiger partial charge is 0.341 e. The molecule has 3 rings (SSSR count). The summed E-state index contributed by atoms with van der Waals surface area (Å²) in [6.07, 6.45) is 7.66. The van der Waals surface area contributed by atoms with E-state index in [0.717, 1.165) is 22.5 Å². The summed E-state index contributed by atoms with van der Waals surface area (Å²) >= 11 is 1.62. The van der Waals surface area contributed by atoms with Crippen LogP contribution in [0.25, 0.3) is 11.2 Å². The number of nitrogens with zero attached hydrogens (tertiary/aromatic N) is 4. The van der Waals surface area contributed by atoms with Gasteiger partial charge in [-0.05, 0) is 18.1 Å². The molecule has 0 aliphatic heterocycles. The number of nitrogens with two attached hydrogens (primary N) is 1. The van der Waals surface area contributed by atoms with Crippen molar-refractivity contribution in [2.24, 2.45) is 5.73 Å². The molecule has 0 aromatic carbocycles. The fraction of sp³-hybridized carbons (Fsp3) is 0.286. The topological polar surface area (TPSA) is 93.4 Å². The van der Waals surface area contributed by atoms with Crippen LogP contribution in [0.1, 0.15) is 24.2 Å². The van der Waals surface area contributed by atoms with Crippen molar-refractivity contribution in [1.82, 2.24) is 24.9 Å². The third-order valence-corrected chi connectivity index (χ3v) is 4.71. The van der Waals surface area contributed by atoms with Gasteiger partial charge in [0.05, 0.1) is 11.6 Å². The molecule has 0 radical (unpaired) electrons. The van der Waals surface area contributed by atoms with Gasteiger partial charge in [-0.25, -0.2) is 15.0 Å². The third kappa shape index (κ3) is 2.88. The van der Waals surface area contributed by atoms with Gasteiger partial charge in [0.25, 0.3) is 0 Å². The second kappa shape index (κ2) is 6.19. The maximum Gasteiger partial charge on any atom is 0.181 e. The zero-order valence-corrected chi connectivity index (χ0v) is 12.4. The van der Waals surface area contributed by atoms with Crippen LogP contribution in [-0.4, -0.2) is 31.0 Å². The minimum Gasteiger partial charge on any atom is -0.341 e. The molecule has 3 N–H and O–H groups in total. The van der Waals surface area contributed by atoms with Gasteiger partial charge in [-0.2, -0.15) is 0 Å². The normalized spacial score (nSPS) is 14.2.